The van der Waals surface area contributed by atoms with Gasteiger partial charge in [-0.3, -0.25) is 0 Å². The zero-order valence-electron chi connectivity index (χ0n) is 7.96. The van der Waals surface area contributed by atoms with Gasteiger partial charge in [-0.15, -0.1) is 0 Å². The minimum atomic E-state index is -1.61. The van der Waals surface area contributed by atoms with Crippen molar-refractivity contribution >= 4 is 23.9 Å². The van der Waals surface area contributed by atoms with Gasteiger partial charge >= 0.3 is 23.9 Å². The molecule has 2 N–H and O–H groups in total. The lowest BCUT2D eigenvalue weighted by Gasteiger charge is -2.01. The third kappa shape index (κ3) is 1.51. The van der Waals surface area contributed by atoms with Gasteiger partial charge in [0, 0.05) is 0 Å². The molecule has 17 heavy (non-hydrogen) atoms. The van der Waals surface area contributed by atoms with Gasteiger partial charge < -0.3 is 14.9 Å². The average molecular weight is 237 g/mol. The molecule has 86 valence electrons. The Morgan fingerprint density at radius 3 is 2.29 bits per heavy atom. The van der Waals surface area contributed by atoms with Crippen LogP contribution in [0, 0.1) is 0 Å². The van der Waals surface area contributed by atoms with Gasteiger partial charge in [-0.2, -0.15) is 0 Å². The molecule has 1 aromatic rings. The van der Waals surface area contributed by atoms with Crippen molar-refractivity contribution in [3.05, 3.63) is 28.6 Å². The van der Waals surface area contributed by atoms with Crippen molar-refractivity contribution in [3.63, 3.8) is 0 Å². The number of pyridine rings is 1. The Labute approximate surface area is 92.5 Å². The highest BCUT2D eigenvalue weighted by atomic mass is 16.6. The van der Waals surface area contributed by atoms with Crippen molar-refractivity contribution in [1.29, 1.82) is 0 Å². The molecule has 0 spiro atoms. The van der Waals surface area contributed by atoms with E-state index in [4.69, 9.17) is 10.2 Å². The zero-order chi connectivity index (χ0) is 12.7. The normalized spacial score (nSPS) is 13.2. The number of fused-ring (bicyclic) bond motifs is 1. The van der Waals surface area contributed by atoms with E-state index in [0.717, 1.165) is 6.07 Å². The standard InChI is InChI=1S/C9H3NO7/c11-6(12)2-1-3-5(9(16)17-8(3)15)10-4(2)7(13)14/h1H,(H,11,12)(H,13,14). The number of carbonyl (C=O) groups excluding carboxylic acids is 2. The molecule has 1 aromatic heterocycles. The molecule has 0 saturated heterocycles. The van der Waals surface area contributed by atoms with Crippen LogP contribution in [0.5, 0.6) is 0 Å². The molecule has 0 aliphatic carbocycles. The van der Waals surface area contributed by atoms with E-state index in [1.807, 2.05) is 0 Å². The molecule has 2 heterocycles. The van der Waals surface area contributed by atoms with E-state index in [1.54, 1.807) is 0 Å². The lowest BCUT2D eigenvalue weighted by molar-refractivity contribution is 0.0441. The number of carbonyl (C=O) groups is 4. The van der Waals surface area contributed by atoms with Gasteiger partial charge in [0.1, 0.15) is 0 Å². The monoisotopic (exact) mass is 237 g/mol. The molecule has 0 saturated carbocycles. The van der Waals surface area contributed by atoms with Gasteiger partial charge in [-0.25, -0.2) is 24.2 Å². The minimum Gasteiger partial charge on any atom is -0.478 e. The first-order chi connectivity index (χ1) is 7.91. The number of hydrogen-bond donors (Lipinski definition) is 2. The molecule has 8 heteroatoms. The lowest BCUT2D eigenvalue weighted by Crippen LogP contribution is -2.14. The summed E-state index contributed by atoms with van der Waals surface area (Å²) >= 11 is 0. The fraction of sp³-hybridized carbons (Fsp3) is 0. The van der Waals surface area contributed by atoms with Crippen LogP contribution in [0.1, 0.15) is 41.7 Å². The van der Waals surface area contributed by atoms with E-state index in [-0.39, 0.29) is 5.56 Å². The quantitative estimate of drug-likeness (QED) is 0.533. The molecular formula is C9H3NO7. The second kappa shape index (κ2) is 3.37. The molecule has 0 radical (unpaired) electrons. The van der Waals surface area contributed by atoms with E-state index in [2.05, 4.69) is 9.72 Å². The lowest BCUT2D eigenvalue weighted by atomic mass is 10.1. The average Bonchev–Trinajstić information content (AvgIpc) is 2.52. The summed E-state index contributed by atoms with van der Waals surface area (Å²) < 4.78 is 4.17. The number of cyclic esters (lactones) is 2. The highest BCUT2D eigenvalue weighted by Gasteiger charge is 2.35. The summed E-state index contributed by atoms with van der Waals surface area (Å²) in [6.45, 7) is 0. The maximum absolute atomic E-state index is 11.1. The predicted molar refractivity (Wildman–Crippen MR) is 47.9 cm³/mol. The van der Waals surface area contributed by atoms with Gasteiger partial charge in [0.25, 0.3) is 0 Å². The smallest absolute Gasteiger partial charge is 0.365 e. The zero-order valence-corrected chi connectivity index (χ0v) is 7.96. The maximum atomic E-state index is 11.1. The molecule has 2 rings (SSSR count). The topological polar surface area (TPSA) is 131 Å². The van der Waals surface area contributed by atoms with Crippen molar-refractivity contribution in [2.75, 3.05) is 0 Å². The number of rotatable bonds is 2. The highest BCUT2D eigenvalue weighted by Crippen LogP contribution is 2.21. The summed E-state index contributed by atoms with van der Waals surface area (Å²) in [6.07, 6.45) is 0. The summed E-state index contributed by atoms with van der Waals surface area (Å²) in [5.41, 5.74) is -2.33. The van der Waals surface area contributed by atoms with Crippen molar-refractivity contribution < 1.29 is 34.1 Å². The first-order valence-electron chi connectivity index (χ1n) is 4.20. The summed E-state index contributed by atoms with van der Waals surface area (Å²) in [7, 11) is 0. The molecule has 1 aliphatic heterocycles. The van der Waals surface area contributed by atoms with E-state index >= 15 is 0 Å². The predicted octanol–water partition coefficient (Wildman–Crippen LogP) is -0.211. The number of carboxylic acids is 2. The van der Waals surface area contributed by atoms with E-state index in [9.17, 15) is 19.2 Å². The number of carboxylic acid groups (broad SMARTS) is 2. The van der Waals surface area contributed by atoms with Crippen LogP contribution in [0.2, 0.25) is 0 Å². The summed E-state index contributed by atoms with van der Waals surface area (Å²) in [4.78, 5) is 47.0. The molecule has 1 aliphatic rings. The first-order valence-corrected chi connectivity index (χ1v) is 4.20. The number of ether oxygens (including phenoxy) is 1. The van der Waals surface area contributed by atoms with Crippen LogP contribution in [0.4, 0.5) is 0 Å². The SMILES string of the molecule is O=C(O)c1cc2c(nc1C(=O)O)C(=O)OC2=O. The fourth-order valence-corrected chi connectivity index (χ4v) is 1.34. The van der Waals surface area contributed by atoms with Crippen LogP contribution in [-0.4, -0.2) is 39.1 Å². The molecule has 8 nitrogen and oxygen atoms in total. The molecule has 0 unspecified atom stereocenters. The van der Waals surface area contributed by atoms with Gasteiger partial charge in [-0.05, 0) is 6.07 Å². The number of aromatic carboxylic acids is 2. The van der Waals surface area contributed by atoms with Crippen molar-refractivity contribution in [2.45, 2.75) is 0 Å². The molecule has 0 aromatic carbocycles. The van der Waals surface area contributed by atoms with Crippen molar-refractivity contribution in [3.8, 4) is 0 Å². The van der Waals surface area contributed by atoms with E-state index in [0.29, 0.717) is 0 Å². The summed E-state index contributed by atoms with van der Waals surface area (Å²) in [5, 5.41) is 17.5. The van der Waals surface area contributed by atoms with E-state index < -0.39 is 40.8 Å². The van der Waals surface area contributed by atoms with Crippen LogP contribution in [0.3, 0.4) is 0 Å². The van der Waals surface area contributed by atoms with Crippen LogP contribution in [0.15, 0.2) is 6.07 Å². The Kier molecular flexibility index (Phi) is 2.13. The number of hydrogen-bond acceptors (Lipinski definition) is 6. The van der Waals surface area contributed by atoms with Crippen molar-refractivity contribution in [2.24, 2.45) is 0 Å². The van der Waals surface area contributed by atoms with Crippen LogP contribution in [0.25, 0.3) is 0 Å². The Morgan fingerprint density at radius 2 is 1.76 bits per heavy atom. The first kappa shape index (κ1) is 10.7. The second-order valence-corrected chi connectivity index (χ2v) is 3.07. The summed E-state index contributed by atoms with van der Waals surface area (Å²) in [6, 6.07) is 0.765. The van der Waals surface area contributed by atoms with Crippen molar-refractivity contribution in [1.82, 2.24) is 4.98 Å². The highest BCUT2D eigenvalue weighted by molar-refractivity contribution is 6.15. The second-order valence-electron chi connectivity index (χ2n) is 3.07. The Hall–Kier alpha value is -2.77. The van der Waals surface area contributed by atoms with Gasteiger partial charge in [0.15, 0.2) is 11.4 Å². The largest absolute Gasteiger partial charge is 0.478 e. The van der Waals surface area contributed by atoms with Gasteiger partial charge in [0.2, 0.25) is 0 Å². The van der Waals surface area contributed by atoms with Gasteiger partial charge in [0.05, 0.1) is 11.1 Å². The maximum Gasteiger partial charge on any atom is 0.365 e. The molecule has 0 bridgehead atoms. The molecule has 0 fully saturated rings. The fourth-order valence-electron chi connectivity index (χ4n) is 1.34. The van der Waals surface area contributed by atoms with E-state index in [1.165, 1.54) is 0 Å². The van der Waals surface area contributed by atoms with Crippen LogP contribution >= 0.6 is 0 Å². The third-order valence-corrected chi connectivity index (χ3v) is 2.05. The molecule has 0 atom stereocenters. The Morgan fingerprint density at radius 1 is 1.12 bits per heavy atom. The van der Waals surface area contributed by atoms with Crippen LogP contribution < -0.4 is 0 Å². The molecule has 0 amide bonds. The number of nitrogens with zero attached hydrogens (tertiary/aromatic N) is 1. The summed E-state index contributed by atoms with van der Waals surface area (Å²) in [5.74, 6) is -5.32. The Bertz CT molecular complexity index is 538. The van der Waals surface area contributed by atoms with Crippen LogP contribution in [-0.2, 0) is 4.74 Å². The minimum absolute atomic E-state index is 0.350. The third-order valence-electron chi connectivity index (χ3n) is 2.05. The number of aromatic nitrogens is 1. The number of esters is 2. The molecular weight excluding hydrogens is 234 g/mol. The van der Waals surface area contributed by atoms with Gasteiger partial charge in [-0.1, -0.05) is 0 Å². The Balaban J connectivity index is 2.76.